The molecule has 1 rings (SSSR count). The molecule has 4 N–H and O–H groups in total. The van der Waals surface area contributed by atoms with Gasteiger partial charge in [0.25, 0.3) is 0 Å². The Bertz CT molecular complexity index is 301. The summed E-state index contributed by atoms with van der Waals surface area (Å²) in [6, 6.07) is 0. The molecule has 0 unspecified atom stereocenters. The van der Waals surface area contributed by atoms with Gasteiger partial charge in [-0.3, -0.25) is 0 Å². The zero-order valence-corrected chi connectivity index (χ0v) is 8.39. The fraction of sp³-hybridized carbons (Fsp3) is 0.429. The van der Waals surface area contributed by atoms with Gasteiger partial charge in [0.2, 0.25) is 5.89 Å². The number of nitrogens with two attached hydrogens (primary N) is 2. The van der Waals surface area contributed by atoms with Gasteiger partial charge >= 0.3 is 0 Å². The smallest absolute Gasteiger partial charge is 0.205 e. The van der Waals surface area contributed by atoms with Crippen LogP contribution in [0.15, 0.2) is 9.52 Å². The van der Waals surface area contributed by atoms with Crippen LogP contribution >= 0.6 is 11.8 Å². The van der Waals surface area contributed by atoms with Crippen LogP contribution in [0.3, 0.4) is 0 Å². The lowest BCUT2D eigenvalue weighted by molar-refractivity contribution is 0.490. The SMILES string of the molecule is Cc1nc(CS/C(N)=N/N)oc1C. The molecule has 5 nitrogen and oxygen atoms in total. The highest BCUT2D eigenvalue weighted by molar-refractivity contribution is 8.13. The maximum absolute atomic E-state index is 5.38. The van der Waals surface area contributed by atoms with Crippen molar-refractivity contribution in [2.24, 2.45) is 16.7 Å². The van der Waals surface area contributed by atoms with Crippen molar-refractivity contribution in [1.82, 2.24) is 4.98 Å². The van der Waals surface area contributed by atoms with E-state index in [-0.39, 0.29) is 0 Å². The second-order valence-electron chi connectivity index (χ2n) is 2.51. The first-order chi connectivity index (χ1) is 6.13. The Morgan fingerprint density at radius 3 is 2.77 bits per heavy atom. The lowest BCUT2D eigenvalue weighted by Gasteiger charge is -1.93. The van der Waals surface area contributed by atoms with Crippen LogP contribution < -0.4 is 11.6 Å². The quantitative estimate of drug-likeness (QED) is 0.317. The lowest BCUT2D eigenvalue weighted by Crippen LogP contribution is -2.09. The molecule has 0 fully saturated rings. The van der Waals surface area contributed by atoms with E-state index in [0.717, 1.165) is 11.5 Å². The molecule has 0 bridgehead atoms. The minimum absolute atomic E-state index is 0.327. The topological polar surface area (TPSA) is 90.4 Å². The number of aryl methyl sites for hydroxylation is 2. The van der Waals surface area contributed by atoms with E-state index in [4.69, 9.17) is 16.0 Å². The summed E-state index contributed by atoms with van der Waals surface area (Å²) in [6.45, 7) is 3.77. The molecule has 1 heterocycles. The molecule has 0 atom stereocenters. The molecule has 13 heavy (non-hydrogen) atoms. The molecular formula is C7H12N4OS. The number of oxazole rings is 1. The minimum atomic E-state index is 0.327. The molecule has 0 aliphatic carbocycles. The van der Waals surface area contributed by atoms with Crippen molar-refractivity contribution in [3.05, 3.63) is 17.3 Å². The van der Waals surface area contributed by atoms with Crippen LogP contribution in [0.25, 0.3) is 0 Å². The third-order valence-corrected chi connectivity index (χ3v) is 2.34. The first-order valence-electron chi connectivity index (χ1n) is 3.72. The molecule has 0 aromatic carbocycles. The second-order valence-corrected chi connectivity index (χ2v) is 3.50. The van der Waals surface area contributed by atoms with Gasteiger partial charge in [0.15, 0.2) is 5.17 Å². The first kappa shape index (κ1) is 9.91. The molecule has 0 saturated heterocycles. The molecule has 0 amide bonds. The van der Waals surface area contributed by atoms with Gasteiger partial charge in [-0.1, -0.05) is 11.8 Å². The largest absolute Gasteiger partial charge is 0.445 e. The zero-order chi connectivity index (χ0) is 9.84. The van der Waals surface area contributed by atoms with Crippen LogP contribution in [0, 0.1) is 13.8 Å². The van der Waals surface area contributed by atoms with Crippen molar-refractivity contribution in [1.29, 1.82) is 0 Å². The predicted molar refractivity (Wildman–Crippen MR) is 53.1 cm³/mol. The third-order valence-electron chi connectivity index (χ3n) is 1.54. The van der Waals surface area contributed by atoms with Gasteiger partial charge in [-0.2, -0.15) is 5.10 Å². The number of aromatic nitrogens is 1. The van der Waals surface area contributed by atoms with Crippen LogP contribution in [0.2, 0.25) is 0 Å². The van der Waals surface area contributed by atoms with Gasteiger partial charge in [-0.05, 0) is 13.8 Å². The molecule has 0 aliphatic heterocycles. The van der Waals surface area contributed by atoms with Crippen molar-refractivity contribution in [3.63, 3.8) is 0 Å². The molecular weight excluding hydrogens is 188 g/mol. The Balaban J connectivity index is 2.55. The second kappa shape index (κ2) is 4.18. The van der Waals surface area contributed by atoms with Crippen molar-refractivity contribution in [2.45, 2.75) is 19.6 Å². The van der Waals surface area contributed by atoms with E-state index in [1.165, 1.54) is 11.8 Å². The predicted octanol–water partition coefficient (Wildman–Crippen LogP) is 0.713. The van der Waals surface area contributed by atoms with Crippen LogP contribution in [0.1, 0.15) is 17.3 Å². The Hall–Kier alpha value is -1.17. The number of hydrazone groups is 1. The van der Waals surface area contributed by atoms with Gasteiger partial charge in [-0.25, -0.2) is 4.98 Å². The van der Waals surface area contributed by atoms with Crippen molar-refractivity contribution in [2.75, 3.05) is 0 Å². The molecule has 0 saturated carbocycles. The summed E-state index contributed by atoms with van der Waals surface area (Å²) >= 11 is 1.30. The van der Waals surface area contributed by atoms with Crippen molar-refractivity contribution >= 4 is 16.9 Å². The van der Waals surface area contributed by atoms with E-state index in [1.54, 1.807) is 0 Å². The average Bonchev–Trinajstić information content (AvgIpc) is 2.42. The molecule has 0 spiro atoms. The number of hydrogen-bond acceptors (Lipinski definition) is 5. The van der Waals surface area contributed by atoms with E-state index < -0.39 is 0 Å². The highest BCUT2D eigenvalue weighted by Crippen LogP contribution is 2.14. The summed E-state index contributed by atoms with van der Waals surface area (Å²) in [7, 11) is 0. The van der Waals surface area contributed by atoms with Crippen LogP contribution in [-0.2, 0) is 5.75 Å². The molecule has 1 aromatic heterocycles. The highest BCUT2D eigenvalue weighted by Gasteiger charge is 2.05. The number of nitrogens with zero attached hydrogens (tertiary/aromatic N) is 2. The number of hydrogen-bond donors (Lipinski definition) is 2. The summed E-state index contributed by atoms with van der Waals surface area (Å²) < 4.78 is 5.33. The summed E-state index contributed by atoms with van der Waals surface area (Å²) in [6.07, 6.45) is 0. The maximum Gasteiger partial charge on any atom is 0.205 e. The zero-order valence-electron chi connectivity index (χ0n) is 7.57. The Morgan fingerprint density at radius 2 is 2.31 bits per heavy atom. The van der Waals surface area contributed by atoms with Crippen LogP contribution in [0.5, 0.6) is 0 Å². The van der Waals surface area contributed by atoms with Gasteiger partial charge in [0.1, 0.15) is 5.76 Å². The molecule has 1 aromatic rings. The van der Waals surface area contributed by atoms with E-state index in [0.29, 0.717) is 16.8 Å². The molecule has 72 valence electrons. The van der Waals surface area contributed by atoms with E-state index >= 15 is 0 Å². The average molecular weight is 200 g/mol. The van der Waals surface area contributed by atoms with Gasteiger partial charge in [-0.15, -0.1) is 0 Å². The van der Waals surface area contributed by atoms with Gasteiger partial charge in [0, 0.05) is 0 Å². The first-order valence-corrected chi connectivity index (χ1v) is 4.71. The fourth-order valence-corrected chi connectivity index (χ4v) is 1.24. The molecule has 0 radical (unpaired) electrons. The Kier molecular flexibility index (Phi) is 3.18. The molecule has 0 aliphatic rings. The number of thioether (sulfide) groups is 1. The van der Waals surface area contributed by atoms with Crippen LogP contribution in [0.4, 0.5) is 0 Å². The maximum atomic E-state index is 5.38. The Morgan fingerprint density at radius 1 is 1.62 bits per heavy atom. The van der Waals surface area contributed by atoms with E-state index in [1.807, 2.05) is 13.8 Å². The Labute approximate surface area is 80.6 Å². The molecule has 6 heteroatoms. The fourth-order valence-electron chi connectivity index (χ4n) is 0.774. The van der Waals surface area contributed by atoms with Crippen LogP contribution in [-0.4, -0.2) is 10.2 Å². The summed E-state index contributed by atoms with van der Waals surface area (Å²) in [4.78, 5) is 4.18. The third kappa shape index (κ3) is 2.66. The van der Waals surface area contributed by atoms with Crippen molar-refractivity contribution < 1.29 is 4.42 Å². The van der Waals surface area contributed by atoms with Gasteiger partial charge in [0.05, 0.1) is 11.4 Å². The normalized spacial score (nSPS) is 12.0. The summed E-state index contributed by atoms with van der Waals surface area (Å²) in [5.41, 5.74) is 6.29. The van der Waals surface area contributed by atoms with Crippen molar-refractivity contribution in [3.8, 4) is 0 Å². The number of amidine groups is 1. The summed E-state index contributed by atoms with van der Waals surface area (Å²) in [5, 5.41) is 3.65. The highest BCUT2D eigenvalue weighted by atomic mass is 32.2. The monoisotopic (exact) mass is 200 g/mol. The lowest BCUT2D eigenvalue weighted by atomic mass is 10.4. The van der Waals surface area contributed by atoms with Gasteiger partial charge < -0.3 is 16.0 Å². The van der Waals surface area contributed by atoms with E-state index in [2.05, 4.69) is 10.1 Å². The summed E-state index contributed by atoms with van der Waals surface area (Å²) in [5.74, 6) is 7.00. The number of rotatable bonds is 2. The van der Waals surface area contributed by atoms with E-state index in [9.17, 15) is 0 Å². The standard InChI is InChI=1S/C7H12N4OS/c1-4-5(2)12-6(10-4)3-13-7(8)11-9/h3,9H2,1-2H3,(H2,8,11). The minimum Gasteiger partial charge on any atom is -0.445 e.